The van der Waals surface area contributed by atoms with E-state index in [1.165, 1.54) is 0 Å². The molecule has 1 rings (SSSR count). The zero-order valence-corrected chi connectivity index (χ0v) is 8.52. The fourth-order valence-electron chi connectivity index (χ4n) is 1.43. The van der Waals surface area contributed by atoms with Crippen LogP contribution in [0.4, 0.5) is 13.2 Å². The second-order valence-corrected chi connectivity index (χ2v) is 4.64. The van der Waals surface area contributed by atoms with E-state index in [-0.39, 0.29) is 6.42 Å². The van der Waals surface area contributed by atoms with E-state index in [4.69, 9.17) is 0 Å². The van der Waals surface area contributed by atoms with Crippen LogP contribution in [0.3, 0.4) is 0 Å². The Morgan fingerprint density at radius 2 is 1.92 bits per heavy atom. The minimum Gasteiger partial charge on any atom is -0.380 e. The van der Waals surface area contributed by atoms with Gasteiger partial charge in [0.25, 0.3) is 0 Å². The summed E-state index contributed by atoms with van der Waals surface area (Å²) in [5, 5.41) is 9.34. The molecule has 0 bridgehead atoms. The monoisotopic (exact) mass is 294 g/mol. The summed E-state index contributed by atoms with van der Waals surface area (Å²) in [5.74, 6) is 0. The molecule has 0 aliphatic heterocycles. The van der Waals surface area contributed by atoms with Crippen LogP contribution < -0.4 is 0 Å². The van der Waals surface area contributed by atoms with Crippen molar-refractivity contribution in [3.63, 3.8) is 0 Å². The highest BCUT2D eigenvalue weighted by Gasteiger charge is 2.58. The zero-order chi connectivity index (χ0) is 9.41. The van der Waals surface area contributed by atoms with Gasteiger partial charge in [-0.3, -0.25) is 0 Å². The molecule has 1 fully saturated rings. The van der Waals surface area contributed by atoms with Crippen molar-refractivity contribution in [1.82, 2.24) is 0 Å². The van der Waals surface area contributed by atoms with Crippen LogP contribution in [0.5, 0.6) is 0 Å². The molecule has 72 valence electrons. The summed E-state index contributed by atoms with van der Waals surface area (Å²) in [5.41, 5.74) is -2.44. The van der Waals surface area contributed by atoms with E-state index in [0.29, 0.717) is 12.8 Å². The molecule has 5 heteroatoms. The molecule has 0 radical (unpaired) electrons. The average Bonchev–Trinajstić information content (AvgIpc) is 1.93. The molecule has 1 aliphatic carbocycles. The van der Waals surface area contributed by atoms with Crippen LogP contribution in [0.15, 0.2) is 0 Å². The van der Waals surface area contributed by atoms with E-state index in [1.807, 2.05) is 0 Å². The summed E-state index contributed by atoms with van der Waals surface area (Å²) in [6.45, 7) is 0. The largest absolute Gasteiger partial charge is 0.418 e. The Balaban J connectivity index is 2.79. The van der Waals surface area contributed by atoms with E-state index in [2.05, 4.69) is 0 Å². The average molecular weight is 294 g/mol. The van der Waals surface area contributed by atoms with Crippen LogP contribution in [0.2, 0.25) is 0 Å². The van der Waals surface area contributed by atoms with E-state index < -0.39 is 15.7 Å². The molecule has 12 heavy (non-hydrogen) atoms. The maximum absolute atomic E-state index is 12.3. The molecule has 0 heterocycles. The van der Waals surface area contributed by atoms with Crippen LogP contribution in [0.1, 0.15) is 25.7 Å². The summed E-state index contributed by atoms with van der Waals surface area (Å²) < 4.78 is 36.3. The number of aliphatic hydroxyl groups is 1. The molecule has 0 saturated heterocycles. The maximum Gasteiger partial charge on any atom is 0.418 e. The zero-order valence-electron chi connectivity index (χ0n) is 6.36. The lowest BCUT2D eigenvalue weighted by Crippen LogP contribution is -2.53. The molecule has 1 unspecified atom stereocenters. The van der Waals surface area contributed by atoms with E-state index in [9.17, 15) is 18.3 Å². The number of hydrogen-bond acceptors (Lipinski definition) is 1. The van der Waals surface area contributed by atoms with Gasteiger partial charge in [-0.25, -0.2) is 0 Å². The Morgan fingerprint density at radius 3 is 2.25 bits per heavy atom. The van der Waals surface area contributed by atoms with E-state index in [0.717, 1.165) is 6.42 Å². The van der Waals surface area contributed by atoms with Crippen molar-refractivity contribution in [2.75, 3.05) is 0 Å². The van der Waals surface area contributed by atoms with Gasteiger partial charge in [-0.15, -0.1) is 0 Å². The van der Waals surface area contributed by atoms with Gasteiger partial charge in [0.05, 0.1) is 0 Å². The molecular weight excluding hydrogens is 284 g/mol. The Hall–Kier alpha value is 0.480. The van der Waals surface area contributed by atoms with Crippen molar-refractivity contribution in [1.29, 1.82) is 0 Å². The third kappa shape index (κ3) is 1.71. The lowest BCUT2D eigenvalue weighted by atomic mass is 9.84. The van der Waals surface area contributed by atoms with E-state index in [1.54, 1.807) is 22.6 Å². The van der Waals surface area contributed by atoms with Gasteiger partial charge in [0, 0.05) is 3.92 Å². The fraction of sp³-hybridized carbons (Fsp3) is 1.00. The van der Waals surface area contributed by atoms with Gasteiger partial charge in [0.2, 0.25) is 0 Å². The minimum atomic E-state index is -4.47. The van der Waals surface area contributed by atoms with Gasteiger partial charge in [-0.05, 0) is 12.8 Å². The first kappa shape index (κ1) is 10.6. The number of hydrogen-bond donors (Lipinski definition) is 1. The number of halogens is 4. The van der Waals surface area contributed by atoms with Crippen LogP contribution in [-0.4, -0.2) is 20.8 Å². The Kier molecular flexibility index (Phi) is 2.92. The molecule has 0 aromatic rings. The summed E-state index contributed by atoms with van der Waals surface area (Å²) >= 11 is 1.69. The third-order valence-electron chi connectivity index (χ3n) is 2.27. The second kappa shape index (κ2) is 3.32. The second-order valence-electron chi connectivity index (χ2n) is 3.14. The van der Waals surface area contributed by atoms with E-state index >= 15 is 0 Å². The van der Waals surface area contributed by atoms with Crippen LogP contribution in [0.25, 0.3) is 0 Å². The number of rotatable bonds is 0. The van der Waals surface area contributed by atoms with Crippen molar-refractivity contribution in [2.45, 2.75) is 41.4 Å². The molecule has 0 aromatic heterocycles. The predicted molar refractivity (Wildman–Crippen MR) is 47.3 cm³/mol. The molecule has 0 amide bonds. The third-order valence-corrected chi connectivity index (χ3v) is 3.93. The maximum atomic E-state index is 12.3. The molecule has 0 spiro atoms. The highest BCUT2D eigenvalue weighted by atomic mass is 127. The van der Waals surface area contributed by atoms with Crippen molar-refractivity contribution in [2.24, 2.45) is 0 Å². The molecule has 1 aliphatic rings. The SMILES string of the molecule is OC1(C(F)(F)F)CCCC[C@@H]1I. The Bertz CT molecular complexity index is 171. The first-order valence-corrected chi connectivity index (χ1v) is 5.05. The summed E-state index contributed by atoms with van der Waals surface area (Å²) in [6, 6.07) is 0. The highest BCUT2D eigenvalue weighted by molar-refractivity contribution is 14.1. The van der Waals surface area contributed by atoms with Gasteiger partial charge in [0.15, 0.2) is 5.60 Å². The predicted octanol–water partition coefficient (Wildman–Crippen LogP) is 2.66. The Labute approximate surface area is 82.5 Å². The molecule has 1 saturated carbocycles. The van der Waals surface area contributed by atoms with Crippen molar-refractivity contribution < 1.29 is 18.3 Å². The topological polar surface area (TPSA) is 20.2 Å². The van der Waals surface area contributed by atoms with Crippen molar-refractivity contribution in [3.05, 3.63) is 0 Å². The lowest BCUT2D eigenvalue weighted by molar-refractivity contribution is -0.264. The molecule has 2 atom stereocenters. The quantitative estimate of drug-likeness (QED) is 0.538. The van der Waals surface area contributed by atoms with Gasteiger partial charge in [-0.2, -0.15) is 13.2 Å². The van der Waals surface area contributed by atoms with Crippen molar-refractivity contribution in [3.8, 4) is 0 Å². The van der Waals surface area contributed by atoms with Crippen molar-refractivity contribution >= 4 is 22.6 Å². The first-order chi connectivity index (χ1) is 5.38. The Morgan fingerprint density at radius 1 is 1.33 bits per heavy atom. The van der Waals surface area contributed by atoms with Crippen LogP contribution >= 0.6 is 22.6 Å². The van der Waals surface area contributed by atoms with Crippen LogP contribution in [0, 0.1) is 0 Å². The standard InChI is InChI=1S/C7H10F3IO/c8-7(9,10)6(12)4-2-1-3-5(6)11/h5,12H,1-4H2/t5-,6?/m0/s1. The first-order valence-electron chi connectivity index (χ1n) is 3.81. The summed E-state index contributed by atoms with van der Waals surface area (Å²) in [4.78, 5) is 0. The lowest BCUT2D eigenvalue weighted by Gasteiger charge is -2.38. The van der Waals surface area contributed by atoms with Crippen LogP contribution in [-0.2, 0) is 0 Å². The summed E-state index contributed by atoms with van der Waals surface area (Å²) in [6.07, 6.45) is -2.92. The molecule has 1 N–H and O–H groups in total. The van der Waals surface area contributed by atoms with Gasteiger partial charge < -0.3 is 5.11 Å². The number of alkyl halides is 4. The highest BCUT2D eigenvalue weighted by Crippen LogP contribution is 2.44. The van der Waals surface area contributed by atoms with Gasteiger partial charge in [0.1, 0.15) is 0 Å². The van der Waals surface area contributed by atoms with Gasteiger partial charge >= 0.3 is 6.18 Å². The fourth-order valence-corrected chi connectivity index (χ4v) is 2.54. The molecular formula is C7H10F3IO. The summed E-state index contributed by atoms with van der Waals surface area (Å²) in [7, 11) is 0. The smallest absolute Gasteiger partial charge is 0.380 e. The van der Waals surface area contributed by atoms with Gasteiger partial charge in [-0.1, -0.05) is 35.4 Å². The molecule has 1 nitrogen and oxygen atoms in total. The normalized spacial score (nSPS) is 38.2. The minimum absolute atomic E-state index is 0.149. The molecule has 0 aromatic carbocycles.